The molecule has 0 radical (unpaired) electrons. The van der Waals surface area contributed by atoms with E-state index in [0.717, 1.165) is 10.0 Å². The summed E-state index contributed by atoms with van der Waals surface area (Å²) in [6.45, 7) is 8.08. The number of benzene rings is 1. The minimum atomic E-state index is -1.06. The summed E-state index contributed by atoms with van der Waals surface area (Å²) in [5, 5.41) is 2.79. The smallest absolute Gasteiger partial charge is 0.325 e. The highest BCUT2D eigenvalue weighted by molar-refractivity contribution is 9.10. The molecule has 6 heteroatoms. The summed E-state index contributed by atoms with van der Waals surface area (Å²) in [5.41, 5.74) is -0.614. The molecule has 1 atom stereocenters. The number of rotatable bonds is 4. The number of halogens is 1. The Hall–Kier alpha value is -1.40. The monoisotopic (exact) mass is 368 g/mol. The fourth-order valence-corrected chi connectivity index (χ4v) is 3.07. The Kier molecular flexibility index (Phi) is 4.63. The quantitative estimate of drug-likeness (QED) is 0.830. The third-order valence-corrected chi connectivity index (χ3v) is 4.23. The van der Waals surface area contributed by atoms with Gasteiger partial charge in [0.2, 0.25) is 0 Å². The van der Waals surface area contributed by atoms with Crippen LogP contribution in [0, 0.1) is 0 Å². The van der Waals surface area contributed by atoms with E-state index in [4.69, 9.17) is 4.74 Å². The number of urea groups is 1. The van der Waals surface area contributed by atoms with E-state index in [-0.39, 0.29) is 24.1 Å². The maximum atomic E-state index is 12.7. The lowest BCUT2D eigenvalue weighted by atomic mass is 9.92. The van der Waals surface area contributed by atoms with Crippen LogP contribution in [-0.2, 0) is 15.1 Å². The zero-order chi connectivity index (χ0) is 16.5. The Balaban J connectivity index is 2.16. The van der Waals surface area contributed by atoms with Gasteiger partial charge in [-0.2, -0.15) is 0 Å². The van der Waals surface area contributed by atoms with Gasteiger partial charge in [0.25, 0.3) is 5.91 Å². The molecule has 1 N–H and O–H groups in total. The summed E-state index contributed by atoms with van der Waals surface area (Å²) in [7, 11) is 0. The van der Waals surface area contributed by atoms with E-state index in [2.05, 4.69) is 21.2 Å². The molecule has 0 aliphatic carbocycles. The van der Waals surface area contributed by atoms with E-state index in [1.807, 2.05) is 45.0 Å². The first-order valence-electron chi connectivity index (χ1n) is 7.18. The van der Waals surface area contributed by atoms with Crippen molar-refractivity contribution in [2.24, 2.45) is 0 Å². The van der Waals surface area contributed by atoms with E-state index < -0.39 is 5.54 Å². The molecule has 1 aromatic carbocycles. The van der Waals surface area contributed by atoms with Crippen LogP contribution >= 0.6 is 15.9 Å². The van der Waals surface area contributed by atoms with Gasteiger partial charge in [0.1, 0.15) is 5.54 Å². The number of ether oxygens (including phenoxy) is 1. The molecule has 1 fully saturated rings. The summed E-state index contributed by atoms with van der Waals surface area (Å²) in [6, 6.07) is 7.01. The Morgan fingerprint density at radius 1 is 1.27 bits per heavy atom. The second-order valence-corrected chi connectivity index (χ2v) is 7.31. The number of nitrogens with zero attached hydrogens (tertiary/aromatic N) is 1. The Bertz CT molecular complexity index is 597. The van der Waals surface area contributed by atoms with Crippen molar-refractivity contribution in [2.45, 2.75) is 38.8 Å². The van der Waals surface area contributed by atoms with Gasteiger partial charge in [-0.25, -0.2) is 4.79 Å². The molecule has 1 heterocycles. The molecule has 1 aromatic rings. The lowest BCUT2D eigenvalue weighted by molar-refractivity contribution is -0.132. The van der Waals surface area contributed by atoms with Crippen molar-refractivity contribution in [3.63, 3.8) is 0 Å². The van der Waals surface area contributed by atoms with Gasteiger partial charge in [-0.1, -0.05) is 34.1 Å². The standard InChI is InChI=1S/C16H21BrN2O3/c1-15(2,3)22-10-9-19-13(20)16(4,18-14(19)21)11-7-5-6-8-12(11)17/h5-8H,9-10H2,1-4H3,(H,18,21). The fourth-order valence-electron chi connectivity index (χ4n) is 2.39. The molecule has 3 amide bonds. The molecule has 1 saturated heterocycles. The lowest BCUT2D eigenvalue weighted by Crippen LogP contribution is -2.41. The van der Waals surface area contributed by atoms with E-state index in [1.54, 1.807) is 6.92 Å². The molecule has 0 aromatic heterocycles. The molecule has 0 spiro atoms. The van der Waals surface area contributed by atoms with Crippen molar-refractivity contribution >= 4 is 27.9 Å². The predicted molar refractivity (Wildman–Crippen MR) is 87.4 cm³/mol. The van der Waals surface area contributed by atoms with Crippen LogP contribution in [0.15, 0.2) is 28.7 Å². The van der Waals surface area contributed by atoms with Gasteiger partial charge < -0.3 is 10.1 Å². The normalized spacial score (nSPS) is 22.1. The second kappa shape index (κ2) is 6.01. The first kappa shape index (κ1) is 17.0. The summed E-state index contributed by atoms with van der Waals surface area (Å²) >= 11 is 3.44. The summed E-state index contributed by atoms with van der Waals surface area (Å²) in [6.07, 6.45) is 0. The summed E-state index contributed by atoms with van der Waals surface area (Å²) in [4.78, 5) is 26.1. The molecule has 5 nitrogen and oxygen atoms in total. The number of carbonyl (C=O) groups excluding carboxylic acids is 2. The third kappa shape index (κ3) is 3.33. The van der Waals surface area contributed by atoms with Gasteiger partial charge in [0.05, 0.1) is 18.8 Å². The highest BCUT2D eigenvalue weighted by atomic mass is 79.9. The SMILES string of the molecule is CC(C)(C)OCCN1C(=O)NC(C)(c2ccccc2Br)C1=O. The van der Waals surface area contributed by atoms with Crippen LogP contribution in [0.5, 0.6) is 0 Å². The predicted octanol–water partition coefficient (Wildman–Crippen LogP) is 3.03. The van der Waals surface area contributed by atoms with Crippen molar-refractivity contribution in [2.75, 3.05) is 13.2 Å². The highest BCUT2D eigenvalue weighted by Gasteiger charge is 2.49. The van der Waals surface area contributed by atoms with E-state index in [0.29, 0.717) is 6.61 Å². The largest absolute Gasteiger partial charge is 0.374 e. The topological polar surface area (TPSA) is 58.6 Å². The minimum Gasteiger partial charge on any atom is -0.374 e. The van der Waals surface area contributed by atoms with Crippen LogP contribution in [-0.4, -0.2) is 35.6 Å². The molecule has 0 bridgehead atoms. The van der Waals surface area contributed by atoms with Gasteiger partial charge in [-0.3, -0.25) is 9.69 Å². The van der Waals surface area contributed by atoms with Crippen LogP contribution in [0.25, 0.3) is 0 Å². The number of amides is 3. The van der Waals surface area contributed by atoms with Crippen molar-refractivity contribution < 1.29 is 14.3 Å². The van der Waals surface area contributed by atoms with Crippen LogP contribution in [0.2, 0.25) is 0 Å². The van der Waals surface area contributed by atoms with Crippen LogP contribution < -0.4 is 5.32 Å². The molecular weight excluding hydrogens is 348 g/mol. The molecular formula is C16H21BrN2O3. The fraction of sp³-hybridized carbons (Fsp3) is 0.500. The molecule has 2 rings (SSSR count). The van der Waals surface area contributed by atoms with E-state index >= 15 is 0 Å². The number of hydrogen-bond donors (Lipinski definition) is 1. The van der Waals surface area contributed by atoms with E-state index in [9.17, 15) is 9.59 Å². The molecule has 0 saturated carbocycles. The van der Waals surface area contributed by atoms with Crippen molar-refractivity contribution in [3.05, 3.63) is 34.3 Å². The Morgan fingerprint density at radius 3 is 2.50 bits per heavy atom. The second-order valence-electron chi connectivity index (χ2n) is 6.45. The molecule has 1 aliphatic heterocycles. The average molecular weight is 369 g/mol. The van der Waals surface area contributed by atoms with Gasteiger partial charge in [-0.05, 0) is 33.8 Å². The maximum Gasteiger partial charge on any atom is 0.325 e. The van der Waals surface area contributed by atoms with Crippen molar-refractivity contribution in [1.82, 2.24) is 10.2 Å². The number of hydrogen-bond acceptors (Lipinski definition) is 3. The van der Waals surface area contributed by atoms with Crippen LogP contribution in [0.4, 0.5) is 4.79 Å². The zero-order valence-electron chi connectivity index (χ0n) is 13.3. The lowest BCUT2D eigenvalue weighted by Gasteiger charge is -2.24. The minimum absolute atomic E-state index is 0.238. The van der Waals surface area contributed by atoms with Crippen molar-refractivity contribution in [3.8, 4) is 0 Å². The van der Waals surface area contributed by atoms with Crippen LogP contribution in [0.3, 0.4) is 0 Å². The Labute approximate surface area is 139 Å². The highest BCUT2D eigenvalue weighted by Crippen LogP contribution is 2.33. The van der Waals surface area contributed by atoms with Gasteiger partial charge in [0, 0.05) is 10.0 Å². The van der Waals surface area contributed by atoms with Gasteiger partial charge in [-0.15, -0.1) is 0 Å². The van der Waals surface area contributed by atoms with Gasteiger partial charge in [0.15, 0.2) is 0 Å². The third-order valence-electron chi connectivity index (χ3n) is 3.54. The number of carbonyl (C=O) groups is 2. The van der Waals surface area contributed by atoms with E-state index in [1.165, 1.54) is 4.90 Å². The summed E-state index contributed by atoms with van der Waals surface area (Å²) in [5.74, 6) is -0.262. The van der Waals surface area contributed by atoms with Crippen LogP contribution in [0.1, 0.15) is 33.3 Å². The molecule has 120 valence electrons. The zero-order valence-corrected chi connectivity index (χ0v) is 14.9. The number of imide groups is 1. The van der Waals surface area contributed by atoms with Gasteiger partial charge >= 0.3 is 6.03 Å². The molecule has 22 heavy (non-hydrogen) atoms. The number of nitrogens with one attached hydrogen (secondary N) is 1. The maximum absolute atomic E-state index is 12.7. The Morgan fingerprint density at radius 2 is 1.91 bits per heavy atom. The van der Waals surface area contributed by atoms with Crippen molar-refractivity contribution in [1.29, 1.82) is 0 Å². The molecule has 1 aliphatic rings. The summed E-state index contributed by atoms with van der Waals surface area (Å²) < 4.78 is 6.39. The molecule has 1 unspecified atom stereocenters. The first-order valence-corrected chi connectivity index (χ1v) is 7.97. The first-order chi connectivity index (χ1) is 10.1. The average Bonchev–Trinajstić information content (AvgIpc) is 2.62.